The van der Waals surface area contributed by atoms with E-state index in [1.807, 2.05) is 32.0 Å². The average Bonchev–Trinajstić information content (AvgIpc) is 2.70. The van der Waals surface area contributed by atoms with E-state index in [9.17, 15) is 13.2 Å². The molecular formula is C22H21ClN2O4S. The molecule has 30 heavy (non-hydrogen) atoms. The molecule has 0 spiro atoms. The Morgan fingerprint density at radius 1 is 0.967 bits per heavy atom. The Hall–Kier alpha value is -3.03. The number of amides is 1. The van der Waals surface area contributed by atoms with Crippen molar-refractivity contribution >= 4 is 38.9 Å². The Morgan fingerprint density at radius 2 is 1.63 bits per heavy atom. The van der Waals surface area contributed by atoms with Gasteiger partial charge in [0.05, 0.1) is 9.92 Å². The van der Waals surface area contributed by atoms with Crippen molar-refractivity contribution in [2.75, 3.05) is 16.6 Å². The number of carbonyl (C=O) groups is 1. The van der Waals surface area contributed by atoms with Crippen molar-refractivity contribution in [3.05, 3.63) is 82.9 Å². The summed E-state index contributed by atoms with van der Waals surface area (Å²) >= 11 is 6.18. The molecule has 0 aliphatic carbocycles. The molecule has 2 N–H and O–H groups in total. The summed E-state index contributed by atoms with van der Waals surface area (Å²) in [4.78, 5) is 12.2. The molecule has 156 valence electrons. The second-order valence-electron chi connectivity index (χ2n) is 6.67. The van der Waals surface area contributed by atoms with E-state index in [0.29, 0.717) is 5.69 Å². The third-order valence-electron chi connectivity index (χ3n) is 4.34. The number of nitrogens with one attached hydrogen (secondary N) is 2. The van der Waals surface area contributed by atoms with Crippen LogP contribution in [0.25, 0.3) is 0 Å². The van der Waals surface area contributed by atoms with Gasteiger partial charge < -0.3 is 10.1 Å². The zero-order valence-electron chi connectivity index (χ0n) is 16.5. The lowest BCUT2D eigenvalue weighted by atomic mass is 10.1. The number of aryl methyl sites for hydroxylation is 2. The highest BCUT2D eigenvalue weighted by Crippen LogP contribution is 2.28. The Labute approximate surface area is 180 Å². The lowest BCUT2D eigenvalue weighted by molar-refractivity contribution is -0.118. The van der Waals surface area contributed by atoms with E-state index in [0.717, 1.165) is 16.8 Å². The third kappa shape index (κ3) is 5.31. The van der Waals surface area contributed by atoms with Crippen LogP contribution in [-0.4, -0.2) is 20.9 Å². The van der Waals surface area contributed by atoms with E-state index >= 15 is 0 Å². The zero-order chi connectivity index (χ0) is 21.7. The first-order valence-corrected chi connectivity index (χ1v) is 11.0. The van der Waals surface area contributed by atoms with Crippen molar-refractivity contribution in [2.24, 2.45) is 0 Å². The molecule has 0 aliphatic heterocycles. The molecule has 0 fully saturated rings. The molecule has 0 aromatic heterocycles. The minimum Gasteiger partial charge on any atom is -0.482 e. The summed E-state index contributed by atoms with van der Waals surface area (Å²) in [7, 11) is -3.80. The number of halogens is 1. The van der Waals surface area contributed by atoms with Gasteiger partial charge in [-0.1, -0.05) is 48.0 Å². The van der Waals surface area contributed by atoms with E-state index < -0.39 is 10.0 Å². The van der Waals surface area contributed by atoms with Gasteiger partial charge in [0.15, 0.2) is 6.61 Å². The summed E-state index contributed by atoms with van der Waals surface area (Å²) in [5.74, 6) is -0.127. The fraction of sp³-hybridized carbons (Fsp3) is 0.136. The number of anilines is 2. The highest BCUT2D eigenvalue weighted by atomic mass is 35.5. The lowest BCUT2D eigenvalue weighted by Crippen LogP contribution is -2.21. The molecule has 3 aromatic carbocycles. The Bertz CT molecular complexity index is 1140. The van der Waals surface area contributed by atoms with Crippen LogP contribution >= 0.6 is 11.6 Å². The highest BCUT2D eigenvalue weighted by Gasteiger charge is 2.17. The fourth-order valence-electron chi connectivity index (χ4n) is 2.82. The van der Waals surface area contributed by atoms with Crippen LogP contribution in [0.3, 0.4) is 0 Å². The molecule has 0 radical (unpaired) electrons. The fourth-order valence-corrected chi connectivity index (χ4v) is 4.20. The minimum absolute atomic E-state index is 0.0105. The van der Waals surface area contributed by atoms with Gasteiger partial charge in [-0.05, 0) is 55.3 Å². The van der Waals surface area contributed by atoms with Crippen molar-refractivity contribution in [2.45, 2.75) is 18.7 Å². The summed E-state index contributed by atoms with van der Waals surface area (Å²) in [6.45, 7) is 3.55. The van der Waals surface area contributed by atoms with Gasteiger partial charge in [-0.15, -0.1) is 0 Å². The second-order valence-corrected chi connectivity index (χ2v) is 8.76. The van der Waals surface area contributed by atoms with Crippen molar-refractivity contribution < 1.29 is 17.9 Å². The van der Waals surface area contributed by atoms with Crippen LogP contribution in [0.1, 0.15) is 11.1 Å². The third-order valence-corrected chi connectivity index (χ3v) is 6.02. The quantitative estimate of drug-likeness (QED) is 0.549. The standard InChI is InChI=1S/C22H21ClN2O4S/c1-15-7-6-8-16(2)22(15)24-21(26)14-29-20-12-11-18(13-19(20)23)30(27,28)25-17-9-4-3-5-10-17/h3-13,25H,14H2,1-2H3,(H,24,26). The predicted octanol–water partition coefficient (Wildman–Crippen LogP) is 4.78. The van der Waals surface area contributed by atoms with E-state index in [1.54, 1.807) is 30.3 Å². The minimum atomic E-state index is -3.80. The number of hydrogen-bond donors (Lipinski definition) is 2. The summed E-state index contributed by atoms with van der Waals surface area (Å²) < 4.78 is 33.0. The molecule has 8 heteroatoms. The number of sulfonamides is 1. The number of carbonyl (C=O) groups excluding carboxylic acids is 1. The van der Waals surface area contributed by atoms with Crippen molar-refractivity contribution in [1.29, 1.82) is 0 Å². The highest BCUT2D eigenvalue weighted by molar-refractivity contribution is 7.92. The smallest absolute Gasteiger partial charge is 0.262 e. The molecule has 0 bridgehead atoms. The van der Waals surface area contributed by atoms with Crippen LogP contribution < -0.4 is 14.8 Å². The number of para-hydroxylation sites is 2. The van der Waals surface area contributed by atoms with Gasteiger partial charge in [0.25, 0.3) is 15.9 Å². The van der Waals surface area contributed by atoms with Gasteiger partial charge in [0.1, 0.15) is 5.75 Å². The number of hydrogen-bond acceptors (Lipinski definition) is 4. The Balaban J connectivity index is 1.66. The van der Waals surface area contributed by atoms with Crippen LogP contribution in [0.15, 0.2) is 71.6 Å². The largest absolute Gasteiger partial charge is 0.482 e. The maximum atomic E-state index is 12.5. The van der Waals surface area contributed by atoms with Crippen LogP contribution in [-0.2, 0) is 14.8 Å². The maximum absolute atomic E-state index is 12.5. The van der Waals surface area contributed by atoms with Crippen molar-refractivity contribution in [1.82, 2.24) is 0 Å². The van der Waals surface area contributed by atoms with Gasteiger partial charge in [-0.2, -0.15) is 0 Å². The molecule has 0 saturated carbocycles. The van der Waals surface area contributed by atoms with Crippen LogP contribution in [0.5, 0.6) is 5.75 Å². The molecule has 0 heterocycles. The monoisotopic (exact) mass is 444 g/mol. The van der Waals surface area contributed by atoms with Crippen molar-refractivity contribution in [3.63, 3.8) is 0 Å². The first-order chi connectivity index (χ1) is 14.3. The zero-order valence-corrected chi connectivity index (χ0v) is 18.0. The molecular weight excluding hydrogens is 424 g/mol. The number of benzene rings is 3. The molecule has 6 nitrogen and oxygen atoms in total. The number of ether oxygens (including phenoxy) is 1. The van der Waals surface area contributed by atoms with Gasteiger partial charge >= 0.3 is 0 Å². The van der Waals surface area contributed by atoms with E-state index in [4.69, 9.17) is 16.3 Å². The summed E-state index contributed by atoms with van der Waals surface area (Å²) in [5.41, 5.74) is 3.08. The molecule has 0 aliphatic rings. The van der Waals surface area contributed by atoms with E-state index in [1.165, 1.54) is 18.2 Å². The second kappa shape index (κ2) is 9.19. The maximum Gasteiger partial charge on any atom is 0.262 e. The van der Waals surface area contributed by atoms with Gasteiger partial charge in [0, 0.05) is 11.4 Å². The van der Waals surface area contributed by atoms with Crippen molar-refractivity contribution in [3.8, 4) is 5.75 Å². The SMILES string of the molecule is Cc1cccc(C)c1NC(=O)COc1ccc(S(=O)(=O)Nc2ccccc2)cc1Cl. The van der Waals surface area contributed by atoms with E-state index in [-0.39, 0.29) is 28.2 Å². The van der Waals surface area contributed by atoms with Crippen LogP contribution in [0.2, 0.25) is 5.02 Å². The molecule has 0 atom stereocenters. The first kappa shape index (κ1) is 21.7. The van der Waals surface area contributed by atoms with Crippen LogP contribution in [0, 0.1) is 13.8 Å². The molecule has 1 amide bonds. The van der Waals surface area contributed by atoms with E-state index in [2.05, 4.69) is 10.0 Å². The summed E-state index contributed by atoms with van der Waals surface area (Å²) in [6.07, 6.45) is 0. The number of rotatable bonds is 7. The van der Waals surface area contributed by atoms with Gasteiger partial charge in [0.2, 0.25) is 0 Å². The van der Waals surface area contributed by atoms with Crippen LogP contribution in [0.4, 0.5) is 11.4 Å². The van der Waals surface area contributed by atoms with Gasteiger partial charge in [-0.3, -0.25) is 9.52 Å². The average molecular weight is 445 g/mol. The molecule has 3 aromatic rings. The summed E-state index contributed by atoms with van der Waals surface area (Å²) in [5, 5.41) is 2.91. The molecule has 3 rings (SSSR count). The molecule has 0 saturated heterocycles. The normalized spacial score (nSPS) is 11.0. The van der Waals surface area contributed by atoms with Gasteiger partial charge in [-0.25, -0.2) is 8.42 Å². The Morgan fingerprint density at radius 3 is 2.27 bits per heavy atom. The Kier molecular flexibility index (Phi) is 6.64. The topological polar surface area (TPSA) is 84.5 Å². The molecule has 0 unspecified atom stereocenters. The first-order valence-electron chi connectivity index (χ1n) is 9.12. The lowest BCUT2D eigenvalue weighted by Gasteiger charge is -2.13. The predicted molar refractivity (Wildman–Crippen MR) is 119 cm³/mol. The summed E-state index contributed by atoms with van der Waals surface area (Å²) in [6, 6.07) is 18.3.